The Kier molecular flexibility index (Phi) is 4.81. The smallest absolute Gasteiger partial charge is 0.416 e. The van der Waals surface area contributed by atoms with Gasteiger partial charge >= 0.3 is 6.18 Å². The maximum Gasteiger partial charge on any atom is 0.416 e. The number of oxime groups is 1. The number of fused-ring (bicyclic) bond motifs is 8. The molecule has 2 heterocycles. The number of benzene rings is 2. The topological polar surface area (TPSA) is 68.2 Å². The van der Waals surface area contributed by atoms with Crippen LogP contribution in [0.1, 0.15) is 17.5 Å². The van der Waals surface area contributed by atoms with Gasteiger partial charge in [0.05, 0.1) is 28.8 Å². The molecule has 0 unspecified atom stereocenters. The molecular formula is C26H21F3N2O4. The Morgan fingerprint density at radius 2 is 1.77 bits per heavy atom. The number of carbonyl (C=O) groups excluding carboxylic acids is 2. The second-order valence-corrected chi connectivity index (χ2v) is 9.37. The van der Waals surface area contributed by atoms with Crippen molar-refractivity contribution in [3.05, 3.63) is 72.3 Å². The number of carbonyl (C=O) groups is 2. The van der Waals surface area contributed by atoms with Gasteiger partial charge in [0, 0.05) is 17.4 Å². The molecule has 4 aliphatic rings. The first-order valence-electron chi connectivity index (χ1n) is 11.4. The highest BCUT2D eigenvalue weighted by molar-refractivity contribution is 6.23. The SMILES string of the molecule is C=CCOc1ccc(C2=NO[C@H]3[C@H]4C[C@@H]([C@@H]23)[C@@H]2C(=O)N(c3cccc(C(F)(F)F)c3)C(=O)[C@H]42)cc1. The van der Waals surface area contributed by atoms with Gasteiger partial charge in [-0.1, -0.05) is 23.9 Å². The normalized spacial score (nSPS) is 30.7. The molecule has 2 bridgehead atoms. The molecular weight excluding hydrogens is 461 g/mol. The van der Waals surface area contributed by atoms with Gasteiger partial charge in [0.2, 0.25) is 11.8 Å². The number of amides is 2. The second kappa shape index (κ2) is 7.69. The van der Waals surface area contributed by atoms with Gasteiger partial charge in [-0.25, -0.2) is 0 Å². The van der Waals surface area contributed by atoms with Gasteiger partial charge in [0.15, 0.2) is 0 Å². The van der Waals surface area contributed by atoms with Crippen LogP contribution in [0, 0.1) is 29.6 Å². The van der Waals surface area contributed by atoms with E-state index in [2.05, 4.69) is 11.7 Å². The van der Waals surface area contributed by atoms with E-state index in [4.69, 9.17) is 9.57 Å². The zero-order valence-corrected chi connectivity index (χ0v) is 18.4. The first kappa shape index (κ1) is 21.9. The Hall–Kier alpha value is -3.62. The van der Waals surface area contributed by atoms with E-state index < -0.39 is 35.4 Å². The predicted molar refractivity (Wildman–Crippen MR) is 120 cm³/mol. The third-order valence-corrected chi connectivity index (χ3v) is 7.64. The lowest BCUT2D eigenvalue weighted by molar-refractivity contribution is -0.137. The summed E-state index contributed by atoms with van der Waals surface area (Å²) < 4.78 is 45.2. The van der Waals surface area contributed by atoms with Crippen molar-refractivity contribution in [2.45, 2.75) is 18.7 Å². The molecule has 2 amide bonds. The lowest BCUT2D eigenvalue weighted by atomic mass is 9.71. The quantitative estimate of drug-likeness (QED) is 0.467. The van der Waals surface area contributed by atoms with E-state index in [1.165, 1.54) is 12.1 Å². The minimum atomic E-state index is -4.57. The van der Waals surface area contributed by atoms with E-state index in [0.29, 0.717) is 18.8 Å². The summed E-state index contributed by atoms with van der Waals surface area (Å²) in [5, 5.41) is 4.31. The maximum atomic E-state index is 13.4. The summed E-state index contributed by atoms with van der Waals surface area (Å²) in [5.74, 6) is -1.93. The Bertz CT molecular complexity index is 1260. The highest BCUT2D eigenvalue weighted by Gasteiger charge is 2.70. The number of anilines is 1. The molecule has 2 aromatic carbocycles. The minimum Gasteiger partial charge on any atom is -0.490 e. The van der Waals surface area contributed by atoms with Crippen LogP contribution in [-0.4, -0.2) is 30.2 Å². The molecule has 9 heteroatoms. The second-order valence-electron chi connectivity index (χ2n) is 9.37. The fourth-order valence-corrected chi connectivity index (χ4v) is 6.32. The molecule has 0 N–H and O–H groups in total. The van der Waals surface area contributed by atoms with Crippen molar-refractivity contribution in [1.82, 2.24) is 0 Å². The van der Waals surface area contributed by atoms with E-state index in [1.807, 2.05) is 24.3 Å². The molecule has 2 saturated carbocycles. The van der Waals surface area contributed by atoms with Crippen molar-refractivity contribution >= 4 is 23.2 Å². The molecule has 180 valence electrons. The molecule has 2 aliphatic heterocycles. The van der Waals surface area contributed by atoms with Crippen molar-refractivity contribution in [1.29, 1.82) is 0 Å². The Morgan fingerprint density at radius 3 is 2.46 bits per heavy atom. The number of hydrogen-bond acceptors (Lipinski definition) is 5. The standard InChI is InChI=1S/C26H21F3N2O4/c1-2-10-34-16-8-6-13(7-9-16)22-21-17-12-18(23(21)35-30-22)20-19(17)24(32)31(25(20)33)15-5-3-4-14(11-15)26(27,28)29/h2-9,11,17-21,23H,1,10,12H2/t17-,18+,19+,20-,21+,23+/m1/s1. The minimum absolute atomic E-state index is 0.0429. The van der Waals surface area contributed by atoms with Crippen LogP contribution >= 0.6 is 0 Å². The van der Waals surface area contributed by atoms with Crippen LogP contribution in [0.25, 0.3) is 0 Å². The highest BCUT2D eigenvalue weighted by Crippen LogP contribution is 2.62. The average Bonchev–Trinajstić information content (AvgIpc) is 3.58. The van der Waals surface area contributed by atoms with Crippen LogP contribution in [-0.2, 0) is 20.6 Å². The summed E-state index contributed by atoms with van der Waals surface area (Å²) in [6.45, 7) is 4.01. The van der Waals surface area contributed by atoms with Gasteiger partial charge in [-0.2, -0.15) is 13.2 Å². The number of rotatable bonds is 5. The first-order chi connectivity index (χ1) is 16.8. The fourth-order valence-electron chi connectivity index (χ4n) is 6.32. The van der Waals surface area contributed by atoms with Crippen molar-refractivity contribution < 1.29 is 32.3 Å². The summed E-state index contributed by atoms with van der Waals surface area (Å²) in [6, 6.07) is 11.8. The van der Waals surface area contributed by atoms with Gasteiger partial charge in [-0.3, -0.25) is 14.5 Å². The van der Waals surface area contributed by atoms with Gasteiger partial charge in [0.25, 0.3) is 0 Å². The molecule has 6 atom stereocenters. The zero-order chi connectivity index (χ0) is 24.5. The molecule has 35 heavy (non-hydrogen) atoms. The molecule has 1 saturated heterocycles. The van der Waals surface area contributed by atoms with Gasteiger partial charge in [-0.15, -0.1) is 0 Å². The Labute approximate surface area is 199 Å². The van der Waals surface area contributed by atoms with E-state index in [0.717, 1.165) is 28.3 Å². The summed E-state index contributed by atoms with van der Waals surface area (Å²) in [6.07, 6.45) is -2.59. The zero-order valence-electron chi connectivity index (χ0n) is 18.4. The lowest BCUT2D eigenvalue weighted by Gasteiger charge is -2.29. The number of halogens is 3. The van der Waals surface area contributed by atoms with Crippen molar-refractivity contribution in [2.75, 3.05) is 11.5 Å². The van der Waals surface area contributed by atoms with Crippen molar-refractivity contribution in [3.63, 3.8) is 0 Å². The van der Waals surface area contributed by atoms with Crippen LogP contribution in [0.3, 0.4) is 0 Å². The number of ether oxygens (including phenoxy) is 1. The monoisotopic (exact) mass is 482 g/mol. The fraction of sp³-hybridized carbons (Fsp3) is 0.346. The van der Waals surface area contributed by atoms with E-state index in [1.54, 1.807) is 6.08 Å². The highest BCUT2D eigenvalue weighted by atomic mass is 19.4. The van der Waals surface area contributed by atoms with Gasteiger partial charge < -0.3 is 9.57 Å². The Morgan fingerprint density at radius 1 is 1.06 bits per heavy atom. The van der Waals surface area contributed by atoms with E-state index >= 15 is 0 Å². The molecule has 0 radical (unpaired) electrons. The molecule has 0 aromatic heterocycles. The molecule has 2 aliphatic carbocycles. The molecule has 2 aromatic rings. The summed E-state index contributed by atoms with van der Waals surface area (Å²) in [7, 11) is 0. The van der Waals surface area contributed by atoms with E-state index in [9.17, 15) is 22.8 Å². The number of alkyl halides is 3. The number of hydrogen-bond donors (Lipinski definition) is 0. The number of imide groups is 1. The van der Waals surface area contributed by atoms with Crippen LogP contribution in [0.15, 0.2) is 66.3 Å². The molecule has 3 fully saturated rings. The Balaban J connectivity index is 1.28. The summed E-state index contributed by atoms with van der Waals surface area (Å²) in [5.41, 5.74) is 0.637. The molecule has 6 rings (SSSR count). The molecule has 6 nitrogen and oxygen atoms in total. The summed E-state index contributed by atoms with van der Waals surface area (Å²) in [4.78, 5) is 33.5. The predicted octanol–water partition coefficient (Wildman–Crippen LogP) is 4.44. The first-order valence-corrected chi connectivity index (χ1v) is 11.4. The van der Waals surface area contributed by atoms with Crippen molar-refractivity contribution in [2.24, 2.45) is 34.7 Å². The lowest BCUT2D eigenvalue weighted by Crippen LogP contribution is -2.41. The number of nitrogens with zero attached hydrogens (tertiary/aromatic N) is 2. The van der Waals surface area contributed by atoms with Crippen molar-refractivity contribution in [3.8, 4) is 5.75 Å². The van der Waals surface area contributed by atoms with Gasteiger partial charge in [0.1, 0.15) is 18.5 Å². The third-order valence-electron chi connectivity index (χ3n) is 7.64. The average molecular weight is 482 g/mol. The third kappa shape index (κ3) is 3.20. The molecule has 0 spiro atoms. The van der Waals surface area contributed by atoms with Crippen LogP contribution in [0.5, 0.6) is 5.75 Å². The van der Waals surface area contributed by atoms with Crippen LogP contribution < -0.4 is 9.64 Å². The van der Waals surface area contributed by atoms with Crippen LogP contribution in [0.2, 0.25) is 0 Å². The summed E-state index contributed by atoms with van der Waals surface area (Å²) >= 11 is 0. The maximum absolute atomic E-state index is 13.4. The van der Waals surface area contributed by atoms with E-state index in [-0.39, 0.29) is 29.5 Å². The largest absolute Gasteiger partial charge is 0.490 e. The van der Waals surface area contributed by atoms with Gasteiger partial charge in [-0.05, 0) is 54.8 Å². The van der Waals surface area contributed by atoms with Crippen LogP contribution in [0.4, 0.5) is 18.9 Å².